The Hall–Kier alpha value is -1.14. The summed E-state index contributed by atoms with van der Waals surface area (Å²) in [6.07, 6.45) is 1.62. The fraction of sp³-hybridized carbons (Fsp3) is 0.333. The second-order valence-electron chi connectivity index (χ2n) is 4.90. The van der Waals surface area contributed by atoms with Crippen LogP contribution in [0.3, 0.4) is 0 Å². The molecular weight excluding hydrogens is 328 g/mol. The van der Waals surface area contributed by atoms with Crippen LogP contribution in [-0.4, -0.2) is 34.9 Å². The Morgan fingerprint density at radius 3 is 1.39 bits per heavy atom. The van der Waals surface area contributed by atoms with Crippen LogP contribution in [0.15, 0.2) is 58.3 Å². The molecule has 0 atom stereocenters. The molecule has 3 nitrogen and oxygen atoms in total. The highest BCUT2D eigenvalue weighted by Gasteiger charge is 2.00. The SMILES string of the molecule is OCCCSc1ccc(Oc2ccc(SCCCO)cc2)cc1. The van der Waals surface area contributed by atoms with Crippen LogP contribution in [0.2, 0.25) is 0 Å². The fourth-order valence-corrected chi connectivity index (χ4v) is 3.53. The lowest BCUT2D eigenvalue weighted by Gasteiger charge is -2.08. The van der Waals surface area contributed by atoms with Gasteiger partial charge in [0.1, 0.15) is 11.5 Å². The molecule has 2 aromatic carbocycles. The van der Waals surface area contributed by atoms with Gasteiger partial charge in [0.2, 0.25) is 0 Å². The molecule has 0 radical (unpaired) electrons. The molecule has 5 heteroatoms. The van der Waals surface area contributed by atoms with Crippen LogP contribution in [0.25, 0.3) is 0 Å². The second kappa shape index (κ2) is 10.6. The summed E-state index contributed by atoms with van der Waals surface area (Å²) in [4.78, 5) is 2.36. The zero-order valence-corrected chi connectivity index (χ0v) is 14.6. The number of aliphatic hydroxyl groups is 2. The third kappa shape index (κ3) is 6.87. The Labute approximate surface area is 146 Å². The summed E-state index contributed by atoms with van der Waals surface area (Å²) in [5.74, 6) is 3.48. The summed E-state index contributed by atoms with van der Waals surface area (Å²) < 4.78 is 5.84. The third-order valence-corrected chi connectivity index (χ3v) is 5.22. The number of thioether (sulfide) groups is 2. The van der Waals surface area contributed by atoms with Gasteiger partial charge in [0.15, 0.2) is 0 Å². The van der Waals surface area contributed by atoms with Crippen molar-refractivity contribution in [1.82, 2.24) is 0 Å². The zero-order valence-electron chi connectivity index (χ0n) is 13.0. The van der Waals surface area contributed by atoms with E-state index in [-0.39, 0.29) is 13.2 Å². The lowest BCUT2D eigenvalue weighted by atomic mass is 10.3. The van der Waals surface area contributed by atoms with Crippen molar-refractivity contribution < 1.29 is 14.9 Å². The van der Waals surface area contributed by atoms with Crippen molar-refractivity contribution in [3.8, 4) is 11.5 Å². The quantitative estimate of drug-likeness (QED) is 0.490. The molecular formula is C18H22O3S2. The van der Waals surface area contributed by atoms with Crippen molar-refractivity contribution in [2.24, 2.45) is 0 Å². The Balaban J connectivity index is 1.84. The Morgan fingerprint density at radius 2 is 1.04 bits per heavy atom. The van der Waals surface area contributed by atoms with Crippen molar-refractivity contribution >= 4 is 23.5 Å². The lowest BCUT2D eigenvalue weighted by Crippen LogP contribution is -1.87. The minimum atomic E-state index is 0.239. The number of hydrogen-bond donors (Lipinski definition) is 2. The first-order valence-electron chi connectivity index (χ1n) is 7.67. The van der Waals surface area contributed by atoms with E-state index >= 15 is 0 Å². The van der Waals surface area contributed by atoms with E-state index in [1.807, 2.05) is 48.5 Å². The van der Waals surface area contributed by atoms with Crippen LogP contribution in [0.1, 0.15) is 12.8 Å². The normalized spacial score (nSPS) is 10.7. The molecule has 2 aromatic rings. The van der Waals surface area contributed by atoms with Crippen LogP contribution in [-0.2, 0) is 0 Å². The Bertz CT molecular complexity index is 504. The highest BCUT2D eigenvalue weighted by molar-refractivity contribution is 7.99. The van der Waals surface area contributed by atoms with E-state index in [1.165, 1.54) is 9.79 Å². The molecule has 0 unspecified atom stereocenters. The van der Waals surface area contributed by atoms with E-state index < -0.39 is 0 Å². The third-order valence-electron chi connectivity index (χ3n) is 3.03. The molecule has 0 aromatic heterocycles. The first kappa shape index (κ1) is 18.2. The van der Waals surface area contributed by atoms with E-state index in [0.717, 1.165) is 35.8 Å². The molecule has 0 aliphatic carbocycles. The van der Waals surface area contributed by atoms with E-state index in [2.05, 4.69) is 0 Å². The lowest BCUT2D eigenvalue weighted by molar-refractivity contribution is 0.296. The number of rotatable bonds is 10. The number of aliphatic hydroxyl groups excluding tert-OH is 2. The summed E-state index contributed by atoms with van der Waals surface area (Å²) in [7, 11) is 0. The average Bonchev–Trinajstić information content (AvgIpc) is 2.58. The van der Waals surface area contributed by atoms with Gasteiger partial charge >= 0.3 is 0 Å². The van der Waals surface area contributed by atoms with Crippen LogP contribution in [0, 0.1) is 0 Å². The average molecular weight is 351 g/mol. The van der Waals surface area contributed by atoms with Crippen molar-refractivity contribution in [3.63, 3.8) is 0 Å². The first-order chi connectivity index (χ1) is 11.3. The molecule has 0 spiro atoms. The van der Waals surface area contributed by atoms with Gasteiger partial charge in [-0.25, -0.2) is 0 Å². The number of hydrogen-bond acceptors (Lipinski definition) is 5. The summed E-state index contributed by atoms with van der Waals surface area (Å²) in [6, 6.07) is 16.0. The van der Waals surface area contributed by atoms with Gasteiger partial charge in [-0.1, -0.05) is 0 Å². The Kier molecular flexibility index (Phi) is 8.39. The van der Waals surface area contributed by atoms with Gasteiger partial charge in [0.05, 0.1) is 0 Å². The van der Waals surface area contributed by atoms with Gasteiger partial charge in [-0.05, 0) is 61.4 Å². The molecule has 0 saturated heterocycles. The largest absolute Gasteiger partial charge is 0.457 e. The zero-order chi connectivity index (χ0) is 16.3. The smallest absolute Gasteiger partial charge is 0.127 e. The number of ether oxygens (including phenoxy) is 1. The molecule has 0 aliphatic rings. The van der Waals surface area contributed by atoms with Gasteiger partial charge in [-0.3, -0.25) is 0 Å². The van der Waals surface area contributed by atoms with E-state index in [9.17, 15) is 0 Å². The summed E-state index contributed by atoms with van der Waals surface area (Å²) in [5.41, 5.74) is 0. The van der Waals surface area contributed by atoms with Crippen LogP contribution in [0.4, 0.5) is 0 Å². The minimum absolute atomic E-state index is 0.239. The fourth-order valence-electron chi connectivity index (χ4n) is 1.85. The topological polar surface area (TPSA) is 49.7 Å². The van der Waals surface area contributed by atoms with Crippen molar-refractivity contribution in [1.29, 1.82) is 0 Å². The molecule has 23 heavy (non-hydrogen) atoms. The van der Waals surface area contributed by atoms with Crippen LogP contribution < -0.4 is 4.74 Å². The van der Waals surface area contributed by atoms with Gasteiger partial charge in [-0.15, -0.1) is 23.5 Å². The maximum absolute atomic E-state index is 8.79. The monoisotopic (exact) mass is 350 g/mol. The summed E-state index contributed by atoms with van der Waals surface area (Å²) in [6.45, 7) is 0.477. The standard InChI is InChI=1S/C18H22O3S2/c19-11-1-13-22-17-7-3-15(4-8-17)21-16-5-9-18(10-6-16)23-14-2-12-20/h3-10,19-20H,1-2,11-14H2. The molecule has 0 aliphatic heterocycles. The highest BCUT2D eigenvalue weighted by atomic mass is 32.2. The molecule has 0 bridgehead atoms. The molecule has 2 N–H and O–H groups in total. The second-order valence-corrected chi connectivity index (χ2v) is 7.23. The van der Waals surface area contributed by atoms with Crippen molar-refractivity contribution in [2.75, 3.05) is 24.7 Å². The minimum Gasteiger partial charge on any atom is -0.457 e. The maximum atomic E-state index is 8.79. The highest BCUT2D eigenvalue weighted by Crippen LogP contribution is 2.27. The van der Waals surface area contributed by atoms with Gasteiger partial charge < -0.3 is 14.9 Å². The molecule has 2 rings (SSSR count). The molecule has 124 valence electrons. The molecule has 0 amide bonds. The van der Waals surface area contributed by atoms with E-state index in [4.69, 9.17) is 14.9 Å². The van der Waals surface area contributed by atoms with E-state index in [1.54, 1.807) is 23.5 Å². The number of benzene rings is 2. The van der Waals surface area contributed by atoms with Gasteiger partial charge in [0, 0.05) is 34.5 Å². The summed E-state index contributed by atoms with van der Waals surface area (Å²) >= 11 is 3.47. The Morgan fingerprint density at radius 1 is 0.652 bits per heavy atom. The predicted octanol–water partition coefficient (Wildman–Crippen LogP) is 4.43. The first-order valence-corrected chi connectivity index (χ1v) is 9.64. The molecule has 0 heterocycles. The molecule has 0 saturated carbocycles. The molecule has 0 fully saturated rings. The van der Waals surface area contributed by atoms with Crippen molar-refractivity contribution in [3.05, 3.63) is 48.5 Å². The maximum Gasteiger partial charge on any atom is 0.127 e. The van der Waals surface area contributed by atoms with Crippen LogP contribution in [0.5, 0.6) is 11.5 Å². The van der Waals surface area contributed by atoms with Gasteiger partial charge in [-0.2, -0.15) is 0 Å². The van der Waals surface area contributed by atoms with Crippen LogP contribution >= 0.6 is 23.5 Å². The summed E-state index contributed by atoms with van der Waals surface area (Å²) in [5, 5.41) is 17.6. The van der Waals surface area contributed by atoms with E-state index in [0.29, 0.717) is 0 Å². The van der Waals surface area contributed by atoms with Gasteiger partial charge in [0.25, 0.3) is 0 Å². The van der Waals surface area contributed by atoms with Crippen molar-refractivity contribution in [2.45, 2.75) is 22.6 Å². The predicted molar refractivity (Wildman–Crippen MR) is 97.8 cm³/mol.